The van der Waals surface area contributed by atoms with Crippen molar-refractivity contribution in [2.45, 2.75) is 25.4 Å². The zero-order chi connectivity index (χ0) is 11.8. The van der Waals surface area contributed by atoms with Gasteiger partial charge in [-0.05, 0) is 38.0 Å². The molecule has 2 N–H and O–H groups in total. The van der Waals surface area contributed by atoms with Gasteiger partial charge in [0.15, 0.2) is 5.78 Å². The molecule has 1 aliphatic heterocycles. The van der Waals surface area contributed by atoms with Crippen LogP contribution in [0.15, 0.2) is 18.2 Å². The molecular weight excluding hydrogens is 226 g/mol. The zero-order valence-corrected chi connectivity index (χ0v) is 9.88. The van der Waals surface area contributed by atoms with Gasteiger partial charge in [-0.2, -0.15) is 0 Å². The number of nitrogen functional groups attached to an aromatic ring is 1. The van der Waals surface area contributed by atoms with Crippen molar-refractivity contribution in [2.75, 3.05) is 12.3 Å². The van der Waals surface area contributed by atoms with Gasteiger partial charge in [0.25, 0.3) is 0 Å². The SMILES string of the molecule is CC1(C(=O)c2ccc(N)cc2Cl)CCCO1. The van der Waals surface area contributed by atoms with Crippen LogP contribution in [0.3, 0.4) is 0 Å². The van der Waals surface area contributed by atoms with Gasteiger partial charge >= 0.3 is 0 Å². The van der Waals surface area contributed by atoms with Gasteiger partial charge in [0.1, 0.15) is 5.60 Å². The van der Waals surface area contributed by atoms with Gasteiger partial charge in [-0.15, -0.1) is 0 Å². The summed E-state index contributed by atoms with van der Waals surface area (Å²) >= 11 is 6.01. The molecule has 1 saturated heterocycles. The number of rotatable bonds is 2. The highest BCUT2D eigenvalue weighted by atomic mass is 35.5. The Balaban J connectivity index is 2.33. The summed E-state index contributed by atoms with van der Waals surface area (Å²) in [5.74, 6) is -0.0602. The topological polar surface area (TPSA) is 52.3 Å². The molecule has 1 unspecified atom stereocenters. The fraction of sp³-hybridized carbons (Fsp3) is 0.417. The lowest BCUT2D eigenvalue weighted by atomic mass is 9.92. The van der Waals surface area contributed by atoms with Crippen LogP contribution >= 0.6 is 11.6 Å². The number of hydrogen-bond donors (Lipinski definition) is 1. The first-order valence-corrected chi connectivity index (χ1v) is 5.64. The highest BCUT2D eigenvalue weighted by Crippen LogP contribution is 2.31. The maximum Gasteiger partial charge on any atom is 0.195 e. The number of halogens is 1. The molecule has 0 radical (unpaired) electrons. The van der Waals surface area contributed by atoms with Gasteiger partial charge in [0.2, 0.25) is 0 Å². The minimum atomic E-state index is -0.722. The molecule has 1 aromatic rings. The predicted molar refractivity (Wildman–Crippen MR) is 63.8 cm³/mol. The summed E-state index contributed by atoms with van der Waals surface area (Å²) < 4.78 is 5.50. The van der Waals surface area contributed by atoms with Crippen LogP contribution in [0.2, 0.25) is 5.02 Å². The fourth-order valence-corrected chi connectivity index (χ4v) is 2.23. The Bertz CT molecular complexity index is 425. The summed E-state index contributed by atoms with van der Waals surface area (Å²) in [5, 5.41) is 0.390. The maximum absolute atomic E-state index is 12.3. The van der Waals surface area contributed by atoms with Crippen molar-refractivity contribution in [3.63, 3.8) is 0 Å². The van der Waals surface area contributed by atoms with E-state index in [-0.39, 0.29) is 5.78 Å². The van der Waals surface area contributed by atoms with E-state index in [9.17, 15) is 4.79 Å². The van der Waals surface area contributed by atoms with Gasteiger partial charge in [0, 0.05) is 17.9 Å². The molecule has 16 heavy (non-hydrogen) atoms. The third kappa shape index (κ3) is 1.93. The molecule has 1 heterocycles. The number of carbonyl (C=O) groups excluding carboxylic acids is 1. The molecule has 1 fully saturated rings. The molecule has 86 valence electrons. The highest BCUT2D eigenvalue weighted by Gasteiger charge is 2.38. The van der Waals surface area contributed by atoms with E-state index in [0.717, 1.165) is 12.8 Å². The van der Waals surface area contributed by atoms with E-state index in [4.69, 9.17) is 22.1 Å². The van der Waals surface area contributed by atoms with Crippen molar-refractivity contribution in [3.05, 3.63) is 28.8 Å². The Morgan fingerprint density at radius 2 is 2.31 bits per heavy atom. The first kappa shape index (κ1) is 11.4. The van der Waals surface area contributed by atoms with Gasteiger partial charge < -0.3 is 10.5 Å². The van der Waals surface area contributed by atoms with E-state index in [1.165, 1.54) is 0 Å². The summed E-state index contributed by atoms with van der Waals surface area (Å²) in [6.45, 7) is 2.45. The Kier molecular flexibility index (Phi) is 2.91. The van der Waals surface area contributed by atoms with Crippen molar-refractivity contribution in [1.29, 1.82) is 0 Å². The summed E-state index contributed by atoms with van der Waals surface area (Å²) in [7, 11) is 0. The standard InChI is InChI=1S/C12H14ClNO2/c1-12(5-2-6-16-12)11(15)9-4-3-8(14)7-10(9)13/h3-4,7H,2,5-6,14H2,1H3. The minimum absolute atomic E-state index is 0.0602. The summed E-state index contributed by atoms with van der Waals surface area (Å²) in [5.41, 5.74) is 5.91. The van der Waals surface area contributed by atoms with E-state index < -0.39 is 5.60 Å². The summed E-state index contributed by atoms with van der Waals surface area (Å²) in [4.78, 5) is 12.3. The smallest absolute Gasteiger partial charge is 0.195 e. The van der Waals surface area contributed by atoms with Crippen LogP contribution in [0.1, 0.15) is 30.1 Å². The molecular formula is C12H14ClNO2. The summed E-state index contributed by atoms with van der Waals surface area (Å²) in [6.07, 6.45) is 1.65. The number of Topliss-reactive ketones (excluding diaryl/α,β-unsaturated/α-hetero) is 1. The van der Waals surface area contributed by atoms with Gasteiger partial charge in [-0.1, -0.05) is 11.6 Å². The van der Waals surface area contributed by atoms with Gasteiger partial charge in [-0.25, -0.2) is 0 Å². The lowest BCUT2D eigenvalue weighted by molar-refractivity contribution is 0.0213. The first-order chi connectivity index (χ1) is 7.53. The molecule has 3 nitrogen and oxygen atoms in total. The predicted octanol–water partition coefficient (Wildman–Crippen LogP) is 2.67. The van der Waals surface area contributed by atoms with Crippen LogP contribution < -0.4 is 5.73 Å². The highest BCUT2D eigenvalue weighted by molar-refractivity contribution is 6.34. The maximum atomic E-state index is 12.3. The number of ketones is 1. The number of nitrogens with two attached hydrogens (primary N) is 1. The molecule has 0 spiro atoms. The van der Waals surface area contributed by atoms with Gasteiger partial charge in [0.05, 0.1) is 5.02 Å². The second kappa shape index (κ2) is 4.07. The molecule has 1 aromatic carbocycles. The van der Waals surface area contributed by atoms with Crippen LogP contribution in [0, 0.1) is 0 Å². The quantitative estimate of drug-likeness (QED) is 0.638. The molecule has 0 aliphatic carbocycles. The minimum Gasteiger partial charge on any atom is -0.399 e. The number of anilines is 1. The normalized spacial score (nSPS) is 24.6. The van der Waals surface area contributed by atoms with Crippen molar-refractivity contribution >= 4 is 23.1 Å². The number of ether oxygens (including phenoxy) is 1. The van der Waals surface area contributed by atoms with Crippen LogP contribution in [-0.2, 0) is 4.74 Å². The fourth-order valence-electron chi connectivity index (χ4n) is 1.96. The third-order valence-corrected chi connectivity index (χ3v) is 3.25. The second-order valence-electron chi connectivity index (χ2n) is 4.25. The average molecular weight is 240 g/mol. The van der Waals surface area contributed by atoms with Crippen LogP contribution in [-0.4, -0.2) is 18.0 Å². The van der Waals surface area contributed by atoms with Gasteiger partial charge in [-0.3, -0.25) is 4.79 Å². The molecule has 0 amide bonds. The molecule has 0 bridgehead atoms. The van der Waals surface area contributed by atoms with Crippen LogP contribution in [0.5, 0.6) is 0 Å². The van der Waals surface area contributed by atoms with Crippen molar-refractivity contribution < 1.29 is 9.53 Å². The third-order valence-electron chi connectivity index (χ3n) is 2.94. The molecule has 4 heteroatoms. The van der Waals surface area contributed by atoms with Crippen LogP contribution in [0.4, 0.5) is 5.69 Å². The van der Waals surface area contributed by atoms with E-state index in [0.29, 0.717) is 22.9 Å². The molecule has 0 saturated carbocycles. The Morgan fingerprint density at radius 1 is 1.56 bits per heavy atom. The lowest BCUT2D eigenvalue weighted by Gasteiger charge is -2.21. The lowest BCUT2D eigenvalue weighted by Crippen LogP contribution is -2.34. The first-order valence-electron chi connectivity index (χ1n) is 5.27. The van der Waals surface area contributed by atoms with E-state index in [1.807, 2.05) is 6.92 Å². The van der Waals surface area contributed by atoms with Crippen molar-refractivity contribution in [3.8, 4) is 0 Å². The molecule has 1 aliphatic rings. The van der Waals surface area contributed by atoms with E-state index >= 15 is 0 Å². The monoisotopic (exact) mass is 239 g/mol. The Morgan fingerprint density at radius 3 is 2.88 bits per heavy atom. The Labute approximate surface area is 99.5 Å². The van der Waals surface area contributed by atoms with E-state index in [1.54, 1.807) is 18.2 Å². The summed E-state index contributed by atoms with van der Waals surface area (Å²) in [6, 6.07) is 4.93. The largest absolute Gasteiger partial charge is 0.399 e. The number of carbonyl (C=O) groups is 1. The van der Waals surface area contributed by atoms with Crippen molar-refractivity contribution in [1.82, 2.24) is 0 Å². The second-order valence-corrected chi connectivity index (χ2v) is 4.66. The average Bonchev–Trinajstić information content (AvgIpc) is 2.66. The molecule has 1 atom stereocenters. The van der Waals surface area contributed by atoms with Crippen molar-refractivity contribution in [2.24, 2.45) is 0 Å². The molecule has 0 aromatic heterocycles. The van der Waals surface area contributed by atoms with E-state index in [2.05, 4.69) is 0 Å². The zero-order valence-electron chi connectivity index (χ0n) is 9.13. The number of benzene rings is 1. The Hall–Kier alpha value is -1.06. The molecule has 2 rings (SSSR count). The number of hydrogen-bond acceptors (Lipinski definition) is 3. The van der Waals surface area contributed by atoms with Crippen LogP contribution in [0.25, 0.3) is 0 Å².